The fraction of sp³-hybridized carbons (Fsp3) is 0.562. The Balaban J connectivity index is 1.75. The van der Waals surface area contributed by atoms with Crippen molar-refractivity contribution < 1.29 is 14.3 Å². The van der Waals surface area contributed by atoms with Gasteiger partial charge in [-0.1, -0.05) is 0 Å². The lowest BCUT2D eigenvalue weighted by atomic mass is 10.2. The van der Waals surface area contributed by atoms with Gasteiger partial charge in [-0.25, -0.2) is 0 Å². The first-order chi connectivity index (χ1) is 10.2. The lowest BCUT2D eigenvalue weighted by Crippen LogP contribution is -2.38. The summed E-state index contributed by atoms with van der Waals surface area (Å²) in [6.45, 7) is 4.81. The van der Waals surface area contributed by atoms with Crippen molar-refractivity contribution in [1.82, 2.24) is 10.2 Å². The predicted octanol–water partition coefficient (Wildman–Crippen LogP) is 1.67. The van der Waals surface area contributed by atoms with E-state index in [2.05, 4.69) is 5.32 Å². The number of carbonyl (C=O) groups excluding carboxylic acids is 1. The largest absolute Gasteiger partial charge is 0.494 e. The molecule has 1 aliphatic rings. The van der Waals surface area contributed by atoms with Gasteiger partial charge in [0.1, 0.15) is 11.5 Å². The maximum absolute atomic E-state index is 11.9. The lowest BCUT2D eigenvalue weighted by molar-refractivity contribution is -0.135. The molecule has 0 bridgehead atoms. The van der Waals surface area contributed by atoms with Gasteiger partial charge in [0.15, 0.2) is 0 Å². The standard InChI is InChI=1S/C16H24N2O3/c1-3-20-14-6-8-15(9-7-14)21-16(19)12-18(2)11-13-5-4-10-17-13/h6-9,13,17H,3-5,10-12H2,1-2H3. The van der Waals surface area contributed by atoms with Crippen LogP contribution < -0.4 is 14.8 Å². The van der Waals surface area contributed by atoms with E-state index < -0.39 is 0 Å². The van der Waals surface area contributed by atoms with E-state index >= 15 is 0 Å². The molecule has 1 aromatic rings. The Kier molecular flexibility index (Phi) is 6.02. The third-order valence-corrected chi connectivity index (χ3v) is 3.46. The predicted molar refractivity (Wildman–Crippen MR) is 81.8 cm³/mol. The lowest BCUT2D eigenvalue weighted by Gasteiger charge is -2.20. The minimum Gasteiger partial charge on any atom is -0.494 e. The zero-order chi connectivity index (χ0) is 15.1. The molecule has 5 heteroatoms. The van der Waals surface area contributed by atoms with Gasteiger partial charge in [0.2, 0.25) is 0 Å². The van der Waals surface area contributed by atoms with Crippen molar-refractivity contribution in [3.05, 3.63) is 24.3 Å². The summed E-state index contributed by atoms with van der Waals surface area (Å²) in [5, 5.41) is 3.42. The molecule has 116 valence electrons. The number of benzene rings is 1. The Labute approximate surface area is 126 Å². The summed E-state index contributed by atoms with van der Waals surface area (Å²) in [4.78, 5) is 13.9. The molecule has 1 aliphatic heterocycles. The molecule has 0 radical (unpaired) electrons. The summed E-state index contributed by atoms with van der Waals surface area (Å²) in [5.41, 5.74) is 0. The van der Waals surface area contributed by atoms with Crippen LogP contribution in [0.15, 0.2) is 24.3 Å². The maximum atomic E-state index is 11.9. The molecule has 0 spiro atoms. The number of hydrogen-bond acceptors (Lipinski definition) is 5. The molecule has 1 aromatic carbocycles. The second-order valence-electron chi connectivity index (χ2n) is 5.37. The monoisotopic (exact) mass is 292 g/mol. The Morgan fingerprint density at radius 1 is 1.33 bits per heavy atom. The van der Waals surface area contributed by atoms with Gasteiger partial charge in [0.25, 0.3) is 0 Å². The number of hydrogen-bond donors (Lipinski definition) is 1. The molecule has 1 heterocycles. The first-order valence-corrected chi connectivity index (χ1v) is 7.53. The van der Waals surface area contributed by atoms with Gasteiger partial charge in [-0.05, 0) is 57.6 Å². The SMILES string of the molecule is CCOc1ccc(OC(=O)CN(C)CC2CCCN2)cc1. The Morgan fingerprint density at radius 2 is 2.05 bits per heavy atom. The van der Waals surface area contributed by atoms with Crippen LogP contribution in [0.1, 0.15) is 19.8 Å². The van der Waals surface area contributed by atoms with E-state index in [9.17, 15) is 4.79 Å². The zero-order valence-electron chi connectivity index (χ0n) is 12.8. The highest BCUT2D eigenvalue weighted by Gasteiger charge is 2.17. The molecule has 0 aliphatic carbocycles. The summed E-state index contributed by atoms with van der Waals surface area (Å²) < 4.78 is 10.7. The Morgan fingerprint density at radius 3 is 2.67 bits per heavy atom. The number of esters is 1. The van der Waals surface area contributed by atoms with Crippen molar-refractivity contribution >= 4 is 5.97 Å². The van der Waals surface area contributed by atoms with Crippen molar-refractivity contribution in [3.63, 3.8) is 0 Å². The fourth-order valence-corrected chi connectivity index (χ4v) is 2.51. The Bertz CT molecular complexity index is 441. The average molecular weight is 292 g/mol. The Hall–Kier alpha value is -1.59. The zero-order valence-corrected chi connectivity index (χ0v) is 12.8. The summed E-state index contributed by atoms with van der Waals surface area (Å²) in [6, 6.07) is 7.60. The maximum Gasteiger partial charge on any atom is 0.325 e. The summed E-state index contributed by atoms with van der Waals surface area (Å²) in [5.74, 6) is 1.09. The summed E-state index contributed by atoms with van der Waals surface area (Å²) in [6.07, 6.45) is 2.40. The molecule has 0 aromatic heterocycles. The molecule has 1 atom stereocenters. The highest BCUT2D eigenvalue weighted by atomic mass is 16.5. The van der Waals surface area contributed by atoms with Crippen molar-refractivity contribution in [1.29, 1.82) is 0 Å². The summed E-state index contributed by atoms with van der Waals surface area (Å²) in [7, 11) is 1.94. The van der Waals surface area contributed by atoms with Crippen LogP contribution in [0, 0.1) is 0 Å². The molecule has 0 amide bonds. The molecule has 21 heavy (non-hydrogen) atoms. The first-order valence-electron chi connectivity index (χ1n) is 7.53. The van der Waals surface area contributed by atoms with Crippen LogP contribution in [-0.2, 0) is 4.79 Å². The van der Waals surface area contributed by atoms with Gasteiger partial charge in [-0.2, -0.15) is 0 Å². The molecule has 5 nitrogen and oxygen atoms in total. The van der Waals surface area contributed by atoms with Gasteiger partial charge in [-0.15, -0.1) is 0 Å². The van der Waals surface area contributed by atoms with E-state index in [-0.39, 0.29) is 5.97 Å². The van der Waals surface area contributed by atoms with Gasteiger partial charge < -0.3 is 14.8 Å². The molecular weight excluding hydrogens is 268 g/mol. The number of nitrogens with one attached hydrogen (secondary N) is 1. The van der Waals surface area contributed by atoms with Crippen LogP contribution in [0.3, 0.4) is 0 Å². The number of nitrogens with zero attached hydrogens (tertiary/aromatic N) is 1. The second kappa shape index (κ2) is 8.00. The number of rotatable bonds is 7. The van der Waals surface area contributed by atoms with E-state index in [1.54, 1.807) is 24.3 Å². The topological polar surface area (TPSA) is 50.8 Å². The fourth-order valence-electron chi connectivity index (χ4n) is 2.51. The van der Waals surface area contributed by atoms with Crippen LogP contribution >= 0.6 is 0 Å². The van der Waals surface area contributed by atoms with Crippen molar-refractivity contribution in [2.75, 3.05) is 33.3 Å². The van der Waals surface area contributed by atoms with Crippen LogP contribution in [0.4, 0.5) is 0 Å². The average Bonchev–Trinajstić information content (AvgIpc) is 2.93. The normalized spacial score (nSPS) is 18.0. The molecule has 1 unspecified atom stereocenters. The molecule has 1 saturated heterocycles. The van der Waals surface area contributed by atoms with Crippen molar-refractivity contribution in [2.45, 2.75) is 25.8 Å². The molecule has 2 rings (SSSR count). The highest BCUT2D eigenvalue weighted by Crippen LogP contribution is 2.17. The number of ether oxygens (including phenoxy) is 2. The number of likely N-dealkylation sites (N-methyl/N-ethyl adjacent to an activating group) is 1. The van der Waals surface area contributed by atoms with E-state index in [4.69, 9.17) is 9.47 Å². The van der Waals surface area contributed by atoms with E-state index in [0.29, 0.717) is 24.9 Å². The molecule has 1 fully saturated rings. The van der Waals surface area contributed by atoms with Crippen molar-refractivity contribution in [2.24, 2.45) is 0 Å². The third kappa shape index (κ3) is 5.36. The molecule has 1 N–H and O–H groups in total. The minimum absolute atomic E-state index is 0.236. The molecular formula is C16H24N2O3. The number of carbonyl (C=O) groups is 1. The van der Waals surface area contributed by atoms with Gasteiger partial charge in [-0.3, -0.25) is 9.69 Å². The molecule has 0 saturated carbocycles. The smallest absolute Gasteiger partial charge is 0.325 e. The summed E-state index contributed by atoms with van der Waals surface area (Å²) >= 11 is 0. The van der Waals surface area contributed by atoms with E-state index in [1.807, 2.05) is 18.9 Å². The van der Waals surface area contributed by atoms with Gasteiger partial charge >= 0.3 is 5.97 Å². The second-order valence-corrected chi connectivity index (χ2v) is 5.37. The minimum atomic E-state index is -0.236. The van der Waals surface area contributed by atoms with Crippen LogP contribution in [0.25, 0.3) is 0 Å². The third-order valence-electron chi connectivity index (χ3n) is 3.46. The van der Waals surface area contributed by atoms with E-state index in [0.717, 1.165) is 18.8 Å². The van der Waals surface area contributed by atoms with E-state index in [1.165, 1.54) is 12.8 Å². The quantitative estimate of drug-likeness (QED) is 0.612. The van der Waals surface area contributed by atoms with Gasteiger partial charge in [0, 0.05) is 12.6 Å². The van der Waals surface area contributed by atoms with Crippen LogP contribution in [0.5, 0.6) is 11.5 Å². The van der Waals surface area contributed by atoms with Gasteiger partial charge in [0.05, 0.1) is 13.2 Å². The first kappa shape index (κ1) is 15.8. The van der Waals surface area contributed by atoms with Crippen LogP contribution in [-0.4, -0.2) is 50.2 Å². The highest BCUT2D eigenvalue weighted by molar-refractivity contribution is 5.74. The van der Waals surface area contributed by atoms with Crippen LogP contribution in [0.2, 0.25) is 0 Å². The van der Waals surface area contributed by atoms with Crippen molar-refractivity contribution in [3.8, 4) is 11.5 Å².